The van der Waals surface area contributed by atoms with Gasteiger partial charge < -0.3 is 21.1 Å². The lowest BCUT2D eigenvalue weighted by atomic mass is 9.97. The van der Waals surface area contributed by atoms with Crippen LogP contribution in [0.2, 0.25) is 0 Å². The molecule has 0 atom stereocenters. The van der Waals surface area contributed by atoms with Crippen LogP contribution in [-0.4, -0.2) is 50.9 Å². The number of carbonyl (C=O) groups excluding carboxylic acids is 1. The first kappa shape index (κ1) is 22.0. The number of nitrogens with one attached hydrogen (secondary N) is 2. The van der Waals surface area contributed by atoms with E-state index in [2.05, 4.69) is 25.7 Å². The highest BCUT2D eigenvalue weighted by atomic mass is 19.1. The molecule has 0 aliphatic carbocycles. The summed E-state index contributed by atoms with van der Waals surface area (Å²) in [4.78, 5) is 26.2. The molecule has 11 nitrogen and oxygen atoms in total. The number of benzene rings is 1. The van der Waals surface area contributed by atoms with E-state index in [1.165, 1.54) is 11.3 Å². The summed E-state index contributed by atoms with van der Waals surface area (Å²) in [6.45, 7) is 3.36. The Balaban J connectivity index is 1.37. The van der Waals surface area contributed by atoms with Crippen molar-refractivity contribution in [3.05, 3.63) is 47.7 Å². The fourth-order valence-corrected chi connectivity index (χ4v) is 4.42. The molecule has 0 saturated heterocycles. The van der Waals surface area contributed by atoms with Crippen molar-refractivity contribution in [1.82, 2.24) is 24.8 Å². The number of hydrogen-bond acceptors (Lipinski definition) is 9. The Hall–Kier alpha value is -4.45. The van der Waals surface area contributed by atoms with Crippen molar-refractivity contribution in [1.29, 1.82) is 0 Å². The first-order chi connectivity index (χ1) is 17.4. The van der Waals surface area contributed by atoms with Crippen molar-refractivity contribution in [2.75, 3.05) is 36.6 Å². The van der Waals surface area contributed by atoms with E-state index in [-0.39, 0.29) is 24.7 Å². The van der Waals surface area contributed by atoms with Gasteiger partial charge >= 0.3 is 0 Å². The third-order valence-corrected chi connectivity index (χ3v) is 6.40. The molecule has 0 radical (unpaired) electrons. The van der Waals surface area contributed by atoms with Crippen molar-refractivity contribution in [2.45, 2.75) is 20.1 Å². The van der Waals surface area contributed by atoms with E-state index in [0.29, 0.717) is 52.6 Å². The SMILES string of the molecule is Cc1c(-c2cc3cc(Nc4cc5n(n4)CC(=O)N(C)OC5)ncc3c(N)c2F)cnc2c1NCCO2. The van der Waals surface area contributed by atoms with Crippen LogP contribution in [0.3, 0.4) is 0 Å². The predicted molar refractivity (Wildman–Crippen MR) is 131 cm³/mol. The Morgan fingerprint density at radius 2 is 2.03 bits per heavy atom. The summed E-state index contributed by atoms with van der Waals surface area (Å²) in [5, 5.41) is 13.3. The number of nitrogens with two attached hydrogens (primary N) is 1. The highest BCUT2D eigenvalue weighted by Gasteiger charge is 2.22. The van der Waals surface area contributed by atoms with E-state index in [1.54, 1.807) is 36.1 Å². The number of pyridine rings is 2. The van der Waals surface area contributed by atoms with Crippen LogP contribution in [0.25, 0.3) is 21.9 Å². The molecular formula is C24H23FN8O3. The standard InChI is InChI=1S/C24H23FN8O3/c1-12-16(8-29-24-23(12)27-3-4-35-24)15-5-13-6-18(28-9-17(13)22(26)21(15)25)30-19-7-14-11-36-32(2)20(34)10-33(14)31-19/h5-9,27H,3-4,10-11,26H2,1-2H3,(H,28,30,31). The van der Waals surface area contributed by atoms with Gasteiger partial charge in [-0.3, -0.25) is 14.3 Å². The van der Waals surface area contributed by atoms with Gasteiger partial charge in [-0.05, 0) is 30.0 Å². The third-order valence-electron chi connectivity index (χ3n) is 6.40. The predicted octanol–water partition coefficient (Wildman–Crippen LogP) is 2.97. The van der Waals surface area contributed by atoms with Crippen LogP contribution in [0.5, 0.6) is 5.88 Å². The molecule has 5 heterocycles. The maximum absolute atomic E-state index is 15.4. The number of amides is 1. The molecule has 3 aromatic heterocycles. The van der Waals surface area contributed by atoms with Crippen LogP contribution in [0.15, 0.2) is 30.6 Å². The first-order valence-electron chi connectivity index (χ1n) is 11.4. The van der Waals surface area contributed by atoms with Crippen LogP contribution in [-0.2, 0) is 22.8 Å². The Kier molecular flexibility index (Phi) is 5.11. The monoisotopic (exact) mass is 490 g/mol. The van der Waals surface area contributed by atoms with Gasteiger partial charge in [-0.25, -0.2) is 19.4 Å². The molecule has 1 amide bonds. The highest BCUT2D eigenvalue weighted by Crippen LogP contribution is 2.39. The van der Waals surface area contributed by atoms with E-state index in [4.69, 9.17) is 15.3 Å². The van der Waals surface area contributed by atoms with Crippen molar-refractivity contribution in [2.24, 2.45) is 0 Å². The lowest BCUT2D eigenvalue weighted by Crippen LogP contribution is -2.27. The van der Waals surface area contributed by atoms with Gasteiger partial charge in [0.25, 0.3) is 5.91 Å². The Labute approximate surface area is 205 Å². The van der Waals surface area contributed by atoms with Crippen LogP contribution < -0.4 is 21.1 Å². The molecule has 36 heavy (non-hydrogen) atoms. The molecule has 0 spiro atoms. The Morgan fingerprint density at radius 3 is 2.89 bits per heavy atom. The molecule has 4 aromatic rings. The fourth-order valence-electron chi connectivity index (χ4n) is 4.42. The zero-order valence-electron chi connectivity index (χ0n) is 19.6. The zero-order valence-corrected chi connectivity index (χ0v) is 19.6. The van der Waals surface area contributed by atoms with Crippen LogP contribution in [0.4, 0.5) is 27.4 Å². The van der Waals surface area contributed by atoms with Gasteiger partial charge in [0, 0.05) is 48.6 Å². The van der Waals surface area contributed by atoms with Gasteiger partial charge in [-0.2, -0.15) is 5.10 Å². The van der Waals surface area contributed by atoms with Crippen LogP contribution >= 0.6 is 0 Å². The lowest BCUT2D eigenvalue weighted by molar-refractivity contribution is -0.180. The topological polar surface area (TPSA) is 132 Å². The van der Waals surface area contributed by atoms with Gasteiger partial charge in [0.2, 0.25) is 5.88 Å². The molecule has 184 valence electrons. The maximum atomic E-state index is 15.4. The van der Waals surface area contributed by atoms with Gasteiger partial charge in [0.15, 0.2) is 11.6 Å². The average Bonchev–Trinajstić information content (AvgIpc) is 3.19. The summed E-state index contributed by atoms with van der Waals surface area (Å²) in [5.41, 5.74) is 9.49. The van der Waals surface area contributed by atoms with E-state index in [1.807, 2.05) is 6.92 Å². The van der Waals surface area contributed by atoms with E-state index >= 15 is 4.39 Å². The fraction of sp³-hybridized carbons (Fsp3) is 0.250. The molecule has 0 bridgehead atoms. The number of anilines is 4. The zero-order chi connectivity index (χ0) is 25.0. The second-order valence-corrected chi connectivity index (χ2v) is 8.66. The largest absolute Gasteiger partial charge is 0.474 e. The number of fused-ring (bicyclic) bond motifs is 3. The number of aromatic nitrogens is 4. The molecule has 12 heteroatoms. The number of nitrogen functional groups attached to an aromatic ring is 1. The van der Waals surface area contributed by atoms with Crippen molar-refractivity contribution < 1.29 is 18.8 Å². The Morgan fingerprint density at radius 1 is 1.17 bits per heavy atom. The quantitative estimate of drug-likeness (QED) is 0.371. The average molecular weight is 490 g/mol. The number of likely N-dealkylation sites (N-methyl/N-ethyl adjacent to an activating group) is 1. The Bertz CT molecular complexity index is 1540. The number of hydroxylamine groups is 2. The summed E-state index contributed by atoms with van der Waals surface area (Å²) < 4.78 is 22.6. The van der Waals surface area contributed by atoms with E-state index in [9.17, 15) is 4.79 Å². The molecule has 1 aromatic carbocycles. The number of hydrogen-bond donors (Lipinski definition) is 3. The number of nitrogens with zero attached hydrogens (tertiary/aromatic N) is 5. The van der Waals surface area contributed by atoms with Gasteiger partial charge in [0.1, 0.15) is 31.3 Å². The molecule has 4 N–H and O–H groups in total. The molecular weight excluding hydrogens is 467 g/mol. The minimum Gasteiger partial charge on any atom is -0.474 e. The van der Waals surface area contributed by atoms with Gasteiger partial charge in [0.05, 0.1) is 11.4 Å². The van der Waals surface area contributed by atoms with Gasteiger partial charge in [-0.1, -0.05) is 0 Å². The molecule has 0 saturated carbocycles. The van der Waals surface area contributed by atoms with Crippen molar-refractivity contribution in [3.8, 4) is 17.0 Å². The normalized spacial score (nSPS) is 15.1. The summed E-state index contributed by atoms with van der Waals surface area (Å²) in [7, 11) is 1.57. The van der Waals surface area contributed by atoms with E-state index < -0.39 is 5.82 Å². The lowest BCUT2D eigenvalue weighted by Gasteiger charge is -2.22. The number of rotatable bonds is 3. The second-order valence-electron chi connectivity index (χ2n) is 8.66. The van der Waals surface area contributed by atoms with E-state index in [0.717, 1.165) is 16.9 Å². The number of ether oxygens (including phenoxy) is 1. The summed E-state index contributed by atoms with van der Waals surface area (Å²) >= 11 is 0. The third kappa shape index (κ3) is 3.62. The molecule has 2 aliphatic rings. The minimum absolute atomic E-state index is 0.0105. The van der Waals surface area contributed by atoms with Crippen molar-refractivity contribution in [3.63, 3.8) is 0 Å². The molecule has 0 fully saturated rings. The molecule has 6 rings (SSSR count). The number of carbonyl (C=O) groups is 1. The minimum atomic E-state index is -0.529. The first-order valence-corrected chi connectivity index (χ1v) is 11.4. The van der Waals surface area contributed by atoms with Crippen LogP contribution in [0.1, 0.15) is 11.3 Å². The second kappa shape index (κ2) is 8.34. The smallest absolute Gasteiger partial charge is 0.267 e. The molecule has 2 aliphatic heterocycles. The highest BCUT2D eigenvalue weighted by molar-refractivity contribution is 5.98. The summed E-state index contributed by atoms with van der Waals surface area (Å²) in [5.74, 6) is 0.774. The summed E-state index contributed by atoms with van der Waals surface area (Å²) in [6.07, 6.45) is 3.13. The van der Waals surface area contributed by atoms with Gasteiger partial charge in [-0.15, -0.1) is 0 Å². The number of halogens is 1. The maximum Gasteiger partial charge on any atom is 0.267 e. The van der Waals surface area contributed by atoms with Crippen LogP contribution in [0, 0.1) is 12.7 Å². The summed E-state index contributed by atoms with van der Waals surface area (Å²) in [6, 6.07) is 5.30. The molecule has 0 unspecified atom stereocenters. The van der Waals surface area contributed by atoms with Crippen molar-refractivity contribution >= 4 is 39.7 Å².